The third kappa shape index (κ3) is 10.4. The van der Waals surface area contributed by atoms with E-state index >= 15 is 0 Å². The van der Waals surface area contributed by atoms with E-state index in [4.69, 9.17) is 14.2 Å². The molecule has 0 spiro atoms. The third-order valence-corrected chi connectivity index (χ3v) is 6.21. The van der Waals surface area contributed by atoms with Gasteiger partial charge >= 0.3 is 18.1 Å². The van der Waals surface area contributed by atoms with Crippen LogP contribution in [-0.2, 0) is 9.53 Å². The van der Waals surface area contributed by atoms with Crippen LogP contribution < -0.4 is 20.1 Å². The molecule has 0 fully saturated rings. The van der Waals surface area contributed by atoms with Crippen molar-refractivity contribution in [3.05, 3.63) is 23.8 Å². The second kappa shape index (κ2) is 15.2. The predicted molar refractivity (Wildman–Crippen MR) is 140 cm³/mol. The Morgan fingerprint density at radius 1 is 1.08 bits per heavy atom. The second-order valence-corrected chi connectivity index (χ2v) is 10.1. The molecule has 10 nitrogen and oxygen atoms in total. The molecule has 0 bridgehead atoms. The summed E-state index contributed by atoms with van der Waals surface area (Å²) in [5.41, 5.74) is 0.590. The zero-order valence-corrected chi connectivity index (χ0v) is 22.7. The number of hydrogen-bond donors (Lipinski definition) is 3. The van der Waals surface area contributed by atoms with Crippen molar-refractivity contribution in [2.75, 3.05) is 26.5 Å². The number of rotatable bonds is 15. The van der Waals surface area contributed by atoms with Crippen molar-refractivity contribution >= 4 is 18.1 Å². The number of nitrogens with one attached hydrogen (secondary N) is 2. The maximum absolute atomic E-state index is 12.9. The van der Waals surface area contributed by atoms with Crippen molar-refractivity contribution in [3.8, 4) is 11.5 Å². The zero-order valence-electron chi connectivity index (χ0n) is 22.7. The highest BCUT2D eigenvalue weighted by Crippen LogP contribution is 2.34. The van der Waals surface area contributed by atoms with Crippen molar-refractivity contribution < 1.29 is 33.7 Å². The highest BCUT2D eigenvalue weighted by molar-refractivity contribution is 5.76. The molecule has 0 aromatic heterocycles. The summed E-state index contributed by atoms with van der Waals surface area (Å²) in [5.74, 6) is 0.688. The minimum Gasteiger partial charge on any atom is -0.481 e. The number of urea groups is 1. The Labute approximate surface area is 220 Å². The number of benzene rings is 1. The van der Waals surface area contributed by atoms with Gasteiger partial charge in [0, 0.05) is 13.1 Å². The molecule has 1 aliphatic rings. The normalized spacial score (nSPS) is 14.5. The van der Waals surface area contributed by atoms with Gasteiger partial charge in [0.1, 0.15) is 6.61 Å². The summed E-state index contributed by atoms with van der Waals surface area (Å²) < 4.78 is 16.3. The van der Waals surface area contributed by atoms with Gasteiger partial charge in [-0.05, 0) is 36.0 Å². The van der Waals surface area contributed by atoms with E-state index in [2.05, 4.69) is 38.3 Å². The van der Waals surface area contributed by atoms with Crippen LogP contribution >= 0.6 is 0 Å². The molecule has 1 aromatic carbocycles. The Balaban J connectivity index is 2.03. The number of aliphatic carboxylic acids is 1. The number of amides is 3. The molecule has 3 N–H and O–H groups in total. The lowest BCUT2D eigenvalue weighted by atomic mass is 10.0. The Bertz CT molecular complexity index is 893. The molecule has 1 aliphatic heterocycles. The summed E-state index contributed by atoms with van der Waals surface area (Å²) in [4.78, 5) is 39.0. The van der Waals surface area contributed by atoms with Crippen LogP contribution in [0.3, 0.4) is 0 Å². The van der Waals surface area contributed by atoms with Crippen LogP contribution in [0.5, 0.6) is 11.5 Å². The van der Waals surface area contributed by atoms with Crippen LogP contribution in [0.25, 0.3) is 0 Å². The maximum Gasteiger partial charge on any atom is 0.409 e. The smallest absolute Gasteiger partial charge is 0.409 e. The van der Waals surface area contributed by atoms with E-state index < -0.39 is 24.1 Å². The van der Waals surface area contributed by atoms with Crippen molar-refractivity contribution in [3.63, 3.8) is 0 Å². The van der Waals surface area contributed by atoms with Crippen LogP contribution in [0.1, 0.15) is 78.3 Å². The van der Waals surface area contributed by atoms with E-state index in [1.807, 2.05) is 6.92 Å². The Morgan fingerprint density at radius 2 is 1.81 bits per heavy atom. The summed E-state index contributed by atoms with van der Waals surface area (Å²) >= 11 is 0. The number of nitrogens with zero attached hydrogens (tertiary/aromatic N) is 1. The number of unbranched alkanes of at least 4 members (excludes halogenated alkanes) is 1. The molecule has 2 rings (SSSR count). The zero-order chi connectivity index (χ0) is 27.4. The first kappa shape index (κ1) is 30.1. The molecule has 0 aliphatic carbocycles. The van der Waals surface area contributed by atoms with Crippen LogP contribution in [-0.4, -0.2) is 60.6 Å². The molecule has 1 unspecified atom stereocenters. The van der Waals surface area contributed by atoms with Crippen molar-refractivity contribution in [2.45, 2.75) is 78.8 Å². The molecule has 3 atom stereocenters. The summed E-state index contributed by atoms with van der Waals surface area (Å²) in [6, 6.07) is 3.36. The van der Waals surface area contributed by atoms with Gasteiger partial charge in [-0.1, -0.05) is 59.9 Å². The van der Waals surface area contributed by atoms with Gasteiger partial charge in [0.2, 0.25) is 6.79 Å². The largest absolute Gasteiger partial charge is 0.481 e. The summed E-state index contributed by atoms with van der Waals surface area (Å²) in [6.45, 7) is 11.7. The second-order valence-electron chi connectivity index (χ2n) is 10.1. The number of ether oxygens (including phenoxy) is 3. The average Bonchev–Trinajstić information content (AvgIpc) is 3.32. The highest BCUT2D eigenvalue weighted by atomic mass is 16.7. The molecule has 0 saturated heterocycles. The molecular weight excluding hydrogens is 478 g/mol. The Hall–Kier alpha value is -3.17. The monoisotopic (exact) mass is 521 g/mol. The Morgan fingerprint density at radius 3 is 2.46 bits per heavy atom. The van der Waals surface area contributed by atoms with E-state index in [9.17, 15) is 19.5 Å². The number of carbonyl (C=O) groups is 3. The van der Waals surface area contributed by atoms with E-state index in [1.54, 1.807) is 23.1 Å². The van der Waals surface area contributed by atoms with Gasteiger partial charge in [-0.3, -0.25) is 4.79 Å². The summed E-state index contributed by atoms with van der Waals surface area (Å²) in [6.07, 6.45) is 2.65. The standard InChI is InChI=1S/C27H43N3O7/c1-6-8-9-21(16-35-27(34)30(14-18(3)4)15-19(5)7-2)28-26(33)29-22(13-25(31)32)20-10-11-23-24(12-20)37-17-36-23/h10-12,18-19,21-22H,6-9,13-17H2,1-5H3,(H,31,32)(H2,28,29,33)/t19?,21-,22-/m0/s1. The van der Waals surface area contributed by atoms with Crippen LogP contribution in [0.4, 0.5) is 9.59 Å². The summed E-state index contributed by atoms with van der Waals surface area (Å²) in [7, 11) is 0. The molecule has 1 heterocycles. The van der Waals surface area contributed by atoms with E-state index in [1.165, 1.54) is 0 Å². The number of carboxylic acids is 1. The number of hydrogen-bond acceptors (Lipinski definition) is 6. The van der Waals surface area contributed by atoms with Crippen molar-refractivity contribution in [1.29, 1.82) is 0 Å². The molecule has 10 heteroatoms. The lowest BCUT2D eigenvalue weighted by Crippen LogP contribution is -2.47. The first-order valence-corrected chi connectivity index (χ1v) is 13.2. The van der Waals surface area contributed by atoms with Crippen molar-refractivity contribution in [2.24, 2.45) is 11.8 Å². The molecule has 37 heavy (non-hydrogen) atoms. The van der Waals surface area contributed by atoms with Crippen molar-refractivity contribution in [1.82, 2.24) is 15.5 Å². The molecule has 0 saturated carbocycles. The quantitative estimate of drug-likeness (QED) is 0.299. The molecular formula is C27H43N3O7. The molecule has 3 amide bonds. The number of fused-ring (bicyclic) bond motifs is 1. The van der Waals surface area contributed by atoms with Crippen LogP contribution in [0.2, 0.25) is 0 Å². The van der Waals surface area contributed by atoms with Gasteiger partial charge in [-0.25, -0.2) is 9.59 Å². The van der Waals surface area contributed by atoms with E-state index in [0.29, 0.717) is 48.4 Å². The van der Waals surface area contributed by atoms with E-state index in [-0.39, 0.29) is 25.9 Å². The Kier molecular flexibility index (Phi) is 12.3. The molecule has 1 aromatic rings. The van der Waals surface area contributed by atoms with Gasteiger partial charge in [0.25, 0.3) is 0 Å². The van der Waals surface area contributed by atoms with E-state index in [0.717, 1.165) is 19.3 Å². The fraction of sp³-hybridized carbons (Fsp3) is 0.667. The fourth-order valence-electron chi connectivity index (χ4n) is 4.02. The van der Waals surface area contributed by atoms with Crippen LogP contribution in [0.15, 0.2) is 18.2 Å². The van der Waals surface area contributed by atoms with Gasteiger partial charge in [0.05, 0.1) is 18.5 Å². The lowest BCUT2D eigenvalue weighted by molar-refractivity contribution is -0.137. The fourth-order valence-corrected chi connectivity index (χ4v) is 4.02. The molecule has 0 radical (unpaired) electrons. The SMILES string of the molecule is CCCC[C@@H](COC(=O)N(CC(C)C)CC(C)CC)NC(=O)N[C@@H](CC(=O)O)c1ccc2c(c1)OCO2. The lowest BCUT2D eigenvalue weighted by Gasteiger charge is -2.28. The topological polar surface area (TPSA) is 126 Å². The number of carbonyl (C=O) groups excluding carboxylic acids is 2. The van der Waals surface area contributed by atoms with Gasteiger partial charge < -0.3 is 34.9 Å². The number of carboxylic acid groups (broad SMARTS) is 1. The van der Waals surface area contributed by atoms with Crippen LogP contribution in [0, 0.1) is 11.8 Å². The third-order valence-electron chi connectivity index (χ3n) is 6.21. The van der Waals surface area contributed by atoms with Gasteiger partial charge in [-0.2, -0.15) is 0 Å². The van der Waals surface area contributed by atoms with Gasteiger partial charge in [0.15, 0.2) is 11.5 Å². The summed E-state index contributed by atoms with van der Waals surface area (Å²) in [5, 5.41) is 15.0. The van der Waals surface area contributed by atoms with Gasteiger partial charge in [-0.15, -0.1) is 0 Å². The highest BCUT2D eigenvalue weighted by Gasteiger charge is 2.24. The predicted octanol–water partition coefficient (Wildman–Crippen LogP) is 4.93. The maximum atomic E-state index is 12.9. The minimum absolute atomic E-state index is 0.0367. The minimum atomic E-state index is -1.05. The first-order valence-electron chi connectivity index (χ1n) is 13.2. The first-order chi connectivity index (χ1) is 17.6. The average molecular weight is 522 g/mol. The molecule has 208 valence electrons.